The summed E-state index contributed by atoms with van der Waals surface area (Å²) in [5, 5.41) is 15.0. The van der Waals surface area contributed by atoms with Crippen LogP contribution in [0.5, 0.6) is 0 Å². The first-order valence-electron chi connectivity index (χ1n) is 6.76. The monoisotopic (exact) mass is 288 g/mol. The lowest BCUT2D eigenvalue weighted by atomic mass is 10.0. The summed E-state index contributed by atoms with van der Waals surface area (Å²) < 4.78 is 0. The Hall–Kier alpha value is -2.21. The van der Waals surface area contributed by atoms with Crippen LogP contribution in [0, 0.1) is 10.1 Å². The molecule has 0 spiro atoms. The number of pyridine rings is 1. The van der Waals surface area contributed by atoms with Crippen LogP contribution in [0.2, 0.25) is 0 Å². The lowest BCUT2D eigenvalue weighted by Gasteiger charge is -2.33. The van der Waals surface area contributed by atoms with Crippen LogP contribution < -0.4 is 5.32 Å². The highest BCUT2D eigenvalue weighted by molar-refractivity contribution is 5.96. The van der Waals surface area contributed by atoms with Crippen molar-refractivity contribution >= 4 is 22.3 Å². The summed E-state index contributed by atoms with van der Waals surface area (Å²) in [4.78, 5) is 17.1. The normalized spacial score (nSPS) is 11.9. The highest BCUT2D eigenvalue weighted by Gasteiger charge is 2.21. The first-order valence-corrected chi connectivity index (χ1v) is 6.76. The van der Waals surface area contributed by atoms with Gasteiger partial charge >= 0.3 is 0 Å². The first kappa shape index (κ1) is 15.2. The zero-order chi connectivity index (χ0) is 15.6. The molecule has 0 bridgehead atoms. The molecule has 0 unspecified atom stereocenters. The number of hydrogen-bond donors (Lipinski definition) is 1. The zero-order valence-electron chi connectivity index (χ0n) is 12.8. The van der Waals surface area contributed by atoms with Gasteiger partial charge in [-0.1, -0.05) is 0 Å². The van der Waals surface area contributed by atoms with Crippen molar-refractivity contribution in [3.8, 4) is 0 Å². The molecular formula is C15H20N4O2. The molecule has 0 saturated carbocycles. The van der Waals surface area contributed by atoms with E-state index >= 15 is 0 Å². The lowest BCUT2D eigenvalue weighted by molar-refractivity contribution is -0.383. The van der Waals surface area contributed by atoms with E-state index in [-0.39, 0.29) is 16.1 Å². The van der Waals surface area contributed by atoms with E-state index in [0.29, 0.717) is 17.4 Å². The van der Waals surface area contributed by atoms with E-state index in [4.69, 9.17) is 0 Å². The molecule has 1 aromatic carbocycles. The number of likely N-dealkylation sites (N-methyl/N-ethyl adjacent to an activating group) is 1. The van der Waals surface area contributed by atoms with E-state index in [9.17, 15) is 10.1 Å². The number of non-ortho nitro benzene ring substituents is 1. The second-order valence-electron chi connectivity index (χ2n) is 5.85. The van der Waals surface area contributed by atoms with Crippen molar-refractivity contribution in [3.05, 3.63) is 40.6 Å². The average molecular weight is 288 g/mol. The van der Waals surface area contributed by atoms with Gasteiger partial charge in [-0.25, -0.2) is 0 Å². The molecule has 21 heavy (non-hydrogen) atoms. The van der Waals surface area contributed by atoms with Gasteiger partial charge in [0.1, 0.15) is 5.52 Å². The largest absolute Gasteiger partial charge is 0.381 e. The Bertz CT molecular complexity index is 668. The summed E-state index contributed by atoms with van der Waals surface area (Å²) in [6.45, 7) is 4.96. The number of aromatic nitrogens is 1. The van der Waals surface area contributed by atoms with Gasteiger partial charge in [-0.2, -0.15) is 0 Å². The van der Waals surface area contributed by atoms with Crippen molar-refractivity contribution in [2.24, 2.45) is 0 Å². The van der Waals surface area contributed by atoms with Gasteiger partial charge in [0.15, 0.2) is 0 Å². The third-order valence-corrected chi connectivity index (χ3v) is 3.87. The number of rotatable bonds is 5. The molecule has 6 heteroatoms. The Morgan fingerprint density at radius 1 is 1.33 bits per heavy atom. The molecule has 1 aromatic heterocycles. The summed E-state index contributed by atoms with van der Waals surface area (Å²) in [6.07, 6.45) is 1.65. The van der Waals surface area contributed by atoms with E-state index in [2.05, 4.69) is 29.0 Å². The molecule has 6 nitrogen and oxygen atoms in total. The standard InChI is InChI=1S/C15H20N4O2/c1-15(2,18(3)4)10-17-12-7-8-13(19(20)21)11-6-5-9-16-14(11)12/h5-9,17H,10H2,1-4H3. The third-order valence-electron chi connectivity index (χ3n) is 3.87. The Labute approximate surface area is 123 Å². The van der Waals surface area contributed by atoms with Crippen LogP contribution in [0.25, 0.3) is 10.9 Å². The Morgan fingerprint density at radius 3 is 2.67 bits per heavy atom. The molecule has 1 N–H and O–H groups in total. The van der Waals surface area contributed by atoms with Gasteiger partial charge in [0, 0.05) is 24.3 Å². The minimum atomic E-state index is -0.377. The summed E-state index contributed by atoms with van der Waals surface area (Å²) >= 11 is 0. The summed E-state index contributed by atoms with van der Waals surface area (Å²) in [6, 6.07) is 6.68. The van der Waals surface area contributed by atoms with Gasteiger partial charge < -0.3 is 10.2 Å². The quantitative estimate of drug-likeness (QED) is 0.676. The molecule has 1 heterocycles. The Kier molecular flexibility index (Phi) is 4.09. The fourth-order valence-electron chi connectivity index (χ4n) is 1.93. The minimum absolute atomic E-state index is 0.0388. The number of fused-ring (bicyclic) bond motifs is 1. The molecule has 0 radical (unpaired) electrons. The van der Waals surface area contributed by atoms with Gasteiger partial charge in [0.2, 0.25) is 0 Å². The second-order valence-corrected chi connectivity index (χ2v) is 5.85. The van der Waals surface area contributed by atoms with Crippen molar-refractivity contribution in [3.63, 3.8) is 0 Å². The maximum Gasteiger partial charge on any atom is 0.278 e. The van der Waals surface area contributed by atoms with Crippen LogP contribution in [0.4, 0.5) is 11.4 Å². The second kappa shape index (κ2) is 5.65. The zero-order valence-corrected chi connectivity index (χ0v) is 12.8. The van der Waals surface area contributed by atoms with Gasteiger partial charge in [-0.15, -0.1) is 0 Å². The van der Waals surface area contributed by atoms with Crippen LogP contribution in [0.3, 0.4) is 0 Å². The Morgan fingerprint density at radius 2 is 2.05 bits per heavy atom. The molecule has 0 atom stereocenters. The van der Waals surface area contributed by atoms with E-state index in [1.165, 1.54) is 6.07 Å². The molecule has 0 aliphatic rings. The first-order chi connectivity index (χ1) is 9.83. The number of nitro groups is 1. The molecule has 2 aromatic rings. The van der Waals surface area contributed by atoms with E-state index in [1.807, 2.05) is 14.1 Å². The molecule has 0 aliphatic carbocycles. The minimum Gasteiger partial charge on any atom is -0.381 e. The highest BCUT2D eigenvalue weighted by Crippen LogP contribution is 2.30. The molecular weight excluding hydrogens is 268 g/mol. The molecule has 2 rings (SSSR count). The smallest absolute Gasteiger partial charge is 0.278 e. The number of nitrogens with zero attached hydrogens (tertiary/aromatic N) is 3. The molecule has 0 amide bonds. The molecule has 0 fully saturated rings. The SMILES string of the molecule is CN(C)C(C)(C)CNc1ccc([N+](=O)[O-])c2cccnc12. The summed E-state index contributed by atoms with van der Waals surface area (Å²) in [7, 11) is 4.04. The van der Waals surface area contributed by atoms with Crippen molar-refractivity contribution in [2.45, 2.75) is 19.4 Å². The predicted octanol–water partition coefficient (Wildman–Crippen LogP) is 2.90. The van der Waals surface area contributed by atoms with Gasteiger partial charge in [-0.05, 0) is 46.1 Å². The molecule has 0 aliphatic heterocycles. The van der Waals surface area contributed by atoms with Gasteiger partial charge in [-0.3, -0.25) is 15.1 Å². The third kappa shape index (κ3) is 3.11. The average Bonchev–Trinajstić information content (AvgIpc) is 2.44. The van der Waals surface area contributed by atoms with Gasteiger partial charge in [0.25, 0.3) is 5.69 Å². The molecule has 112 valence electrons. The van der Waals surface area contributed by atoms with E-state index in [1.54, 1.807) is 24.4 Å². The van der Waals surface area contributed by atoms with Crippen LogP contribution in [-0.4, -0.2) is 41.0 Å². The number of nitrogens with one attached hydrogen (secondary N) is 1. The number of benzene rings is 1. The van der Waals surface area contributed by atoms with E-state index < -0.39 is 0 Å². The van der Waals surface area contributed by atoms with Crippen molar-refractivity contribution in [1.29, 1.82) is 0 Å². The maximum atomic E-state index is 11.1. The summed E-state index contributed by atoms with van der Waals surface area (Å²) in [5.74, 6) is 0. The fraction of sp³-hybridized carbons (Fsp3) is 0.400. The van der Waals surface area contributed by atoms with Crippen molar-refractivity contribution in [1.82, 2.24) is 9.88 Å². The number of hydrogen-bond acceptors (Lipinski definition) is 5. The highest BCUT2D eigenvalue weighted by atomic mass is 16.6. The van der Waals surface area contributed by atoms with E-state index in [0.717, 1.165) is 5.69 Å². The fourth-order valence-corrected chi connectivity index (χ4v) is 1.93. The topological polar surface area (TPSA) is 71.3 Å². The van der Waals surface area contributed by atoms with Crippen LogP contribution in [0.1, 0.15) is 13.8 Å². The van der Waals surface area contributed by atoms with Crippen LogP contribution >= 0.6 is 0 Å². The van der Waals surface area contributed by atoms with Crippen molar-refractivity contribution in [2.75, 3.05) is 26.0 Å². The number of anilines is 1. The maximum absolute atomic E-state index is 11.1. The lowest BCUT2D eigenvalue weighted by Crippen LogP contribution is -2.44. The number of nitro benzene ring substituents is 1. The van der Waals surface area contributed by atoms with Crippen LogP contribution in [-0.2, 0) is 0 Å². The van der Waals surface area contributed by atoms with Gasteiger partial charge in [0.05, 0.1) is 16.0 Å². The predicted molar refractivity (Wildman–Crippen MR) is 84.7 cm³/mol. The summed E-state index contributed by atoms with van der Waals surface area (Å²) in [5.41, 5.74) is 1.48. The molecule has 0 saturated heterocycles. The van der Waals surface area contributed by atoms with Crippen LogP contribution in [0.15, 0.2) is 30.5 Å². The Balaban J connectivity index is 2.38. The van der Waals surface area contributed by atoms with Crippen molar-refractivity contribution < 1.29 is 4.92 Å².